The molecule has 2 aromatic rings. The van der Waals surface area contributed by atoms with E-state index in [0.717, 1.165) is 21.3 Å². The van der Waals surface area contributed by atoms with Crippen LogP contribution in [0.3, 0.4) is 0 Å². The second kappa shape index (κ2) is 7.50. The van der Waals surface area contributed by atoms with Crippen LogP contribution in [0.4, 0.5) is 10.5 Å². The van der Waals surface area contributed by atoms with Gasteiger partial charge in [-0.2, -0.15) is 4.31 Å². The third kappa shape index (κ3) is 3.56. The van der Waals surface area contributed by atoms with Gasteiger partial charge in [-0.25, -0.2) is 13.2 Å². The number of hydrogen-bond donors (Lipinski definition) is 0. The molecule has 2 aliphatic heterocycles. The average molecular weight is 465 g/mol. The standard InChI is InChI=1S/C20H21BrN2O4S/c1-14-2-5-18(6-3-14)28(25,26)22-10-8-17(9-11-22)23-19-7-4-16(21)12-15(19)13-27-20(23)24/h2-7,12,17H,8-11,13H2,1H3. The summed E-state index contributed by atoms with van der Waals surface area (Å²) in [7, 11) is -3.52. The predicted molar refractivity (Wildman–Crippen MR) is 110 cm³/mol. The third-order valence-corrected chi connectivity index (χ3v) is 7.70. The van der Waals surface area contributed by atoms with E-state index in [9.17, 15) is 13.2 Å². The van der Waals surface area contributed by atoms with E-state index in [-0.39, 0.29) is 18.7 Å². The molecule has 8 heteroatoms. The summed E-state index contributed by atoms with van der Waals surface area (Å²) >= 11 is 3.45. The van der Waals surface area contributed by atoms with Crippen LogP contribution in [0.25, 0.3) is 0 Å². The van der Waals surface area contributed by atoms with Crippen molar-refractivity contribution in [3.8, 4) is 0 Å². The second-order valence-corrected chi connectivity index (χ2v) is 10.00. The van der Waals surface area contributed by atoms with Gasteiger partial charge in [0.15, 0.2) is 0 Å². The molecule has 1 fully saturated rings. The maximum absolute atomic E-state index is 12.9. The Balaban J connectivity index is 1.52. The largest absolute Gasteiger partial charge is 0.444 e. The van der Waals surface area contributed by atoms with E-state index < -0.39 is 10.0 Å². The van der Waals surface area contributed by atoms with Crippen molar-refractivity contribution in [1.29, 1.82) is 0 Å². The number of fused-ring (bicyclic) bond motifs is 1. The monoisotopic (exact) mass is 464 g/mol. The van der Waals surface area contributed by atoms with Crippen LogP contribution in [0.2, 0.25) is 0 Å². The maximum atomic E-state index is 12.9. The lowest BCUT2D eigenvalue weighted by Crippen LogP contribution is -2.50. The molecule has 148 valence electrons. The highest BCUT2D eigenvalue weighted by molar-refractivity contribution is 9.10. The van der Waals surface area contributed by atoms with Crippen molar-refractivity contribution in [2.75, 3.05) is 18.0 Å². The van der Waals surface area contributed by atoms with Crippen LogP contribution in [0.15, 0.2) is 51.8 Å². The second-order valence-electron chi connectivity index (χ2n) is 7.15. The van der Waals surface area contributed by atoms with Gasteiger partial charge in [-0.1, -0.05) is 33.6 Å². The fraction of sp³-hybridized carbons (Fsp3) is 0.350. The molecule has 2 aliphatic rings. The molecule has 0 N–H and O–H groups in total. The molecule has 1 saturated heterocycles. The first kappa shape index (κ1) is 19.4. The van der Waals surface area contributed by atoms with Crippen LogP contribution >= 0.6 is 15.9 Å². The fourth-order valence-corrected chi connectivity index (χ4v) is 5.64. The molecule has 2 heterocycles. The number of anilines is 1. The minimum absolute atomic E-state index is 0.0859. The third-order valence-electron chi connectivity index (χ3n) is 5.30. The molecule has 28 heavy (non-hydrogen) atoms. The number of sulfonamides is 1. The Morgan fingerprint density at radius 3 is 2.43 bits per heavy atom. The number of piperidine rings is 1. The molecule has 0 spiro atoms. The molecular weight excluding hydrogens is 444 g/mol. The molecule has 0 aromatic heterocycles. The summed E-state index contributed by atoms with van der Waals surface area (Å²) in [6, 6.07) is 12.6. The highest BCUT2D eigenvalue weighted by Gasteiger charge is 2.37. The van der Waals surface area contributed by atoms with E-state index in [1.54, 1.807) is 29.2 Å². The van der Waals surface area contributed by atoms with Gasteiger partial charge in [-0.15, -0.1) is 0 Å². The first-order valence-electron chi connectivity index (χ1n) is 9.17. The number of hydrogen-bond acceptors (Lipinski definition) is 4. The Hall–Kier alpha value is -1.90. The Labute approximate surface area is 173 Å². The molecule has 0 atom stereocenters. The summed E-state index contributed by atoms with van der Waals surface area (Å²) in [6.07, 6.45) is 0.764. The van der Waals surface area contributed by atoms with Crippen molar-refractivity contribution in [3.05, 3.63) is 58.1 Å². The van der Waals surface area contributed by atoms with Crippen LogP contribution in [0, 0.1) is 6.92 Å². The number of nitrogens with zero attached hydrogens (tertiary/aromatic N) is 2. The normalized spacial score (nSPS) is 18.6. The number of ether oxygens (including phenoxy) is 1. The SMILES string of the molecule is Cc1ccc(S(=O)(=O)N2CCC(N3C(=O)OCc4cc(Br)ccc43)CC2)cc1. The van der Waals surface area contributed by atoms with Crippen molar-refractivity contribution in [2.45, 2.75) is 37.3 Å². The van der Waals surface area contributed by atoms with Gasteiger partial charge in [0, 0.05) is 29.2 Å². The molecule has 4 rings (SSSR count). The van der Waals surface area contributed by atoms with Crippen molar-refractivity contribution in [1.82, 2.24) is 4.31 Å². The van der Waals surface area contributed by atoms with Crippen LogP contribution in [-0.2, 0) is 21.4 Å². The highest BCUT2D eigenvalue weighted by Crippen LogP contribution is 2.34. The molecule has 1 amide bonds. The van der Waals surface area contributed by atoms with Gasteiger partial charge in [0.1, 0.15) is 6.61 Å². The molecule has 2 aromatic carbocycles. The summed E-state index contributed by atoms with van der Waals surface area (Å²) in [4.78, 5) is 14.4. The van der Waals surface area contributed by atoms with Gasteiger partial charge in [-0.05, 0) is 50.1 Å². The molecular formula is C20H21BrN2O4S. The van der Waals surface area contributed by atoms with Crippen LogP contribution in [0.1, 0.15) is 24.0 Å². The Bertz CT molecular complexity index is 999. The van der Waals surface area contributed by atoms with E-state index >= 15 is 0 Å². The van der Waals surface area contributed by atoms with Gasteiger partial charge >= 0.3 is 6.09 Å². The number of carbonyl (C=O) groups excluding carboxylic acids is 1. The van der Waals surface area contributed by atoms with Gasteiger partial charge in [0.2, 0.25) is 10.0 Å². The zero-order chi connectivity index (χ0) is 19.9. The minimum atomic E-state index is -3.52. The lowest BCUT2D eigenvalue weighted by molar-refractivity contribution is 0.135. The lowest BCUT2D eigenvalue weighted by atomic mass is 10.0. The van der Waals surface area contributed by atoms with E-state index in [4.69, 9.17) is 4.74 Å². The summed E-state index contributed by atoms with van der Waals surface area (Å²) in [6.45, 7) is 2.92. The number of halogens is 1. The topological polar surface area (TPSA) is 66.9 Å². The fourth-order valence-electron chi connectivity index (χ4n) is 3.76. The zero-order valence-corrected chi connectivity index (χ0v) is 17.9. The maximum Gasteiger partial charge on any atom is 0.414 e. The van der Waals surface area contributed by atoms with E-state index in [2.05, 4.69) is 15.9 Å². The quantitative estimate of drug-likeness (QED) is 0.686. The molecule has 0 aliphatic carbocycles. The van der Waals surface area contributed by atoms with Crippen molar-refractivity contribution >= 4 is 37.7 Å². The highest BCUT2D eigenvalue weighted by atomic mass is 79.9. The number of benzene rings is 2. The van der Waals surface area contributed by atoms with E-state index in [1.807, 2.05) is 25.1 Å². The van der Waals surface area contributed by atoms with E-state index in [1.165, 1.54) is 4.31 Å². The summed E-state index contributed by atoms with van der Waals surface area (Å²) < 4.78 is 33.6. The summed E-state index contributed by atoms with van der Waals surface area (Å²) in [5.74, 6) is 0. The van der Waals surface area contributed by atoms with Crippen LogP contribution < -0.4 is 4.90 Å². The van der Waals surface area contributed by atoms with Crippen LogP contribution in [0.5, 0.6) is 0 Å². The van der Waals surface area contributed by atoms with Gasteiger partial charge in [0.25, 0.3) is 0 Å². The van der Waals surface area contributed by atoms with Crippen LogP contribution in [-0.4, -0.2) is 37.9 Å². The van der Waals surface area contributed by atoms with Crippen molar-refractivity contribution in [2.24, 2.45) is 0 Å². The lowest BCUT2D eigenvalue weighted by Gasteiger charge is -2.39. The van der Waals surface area contributed by atoms with Gasteiger partial charge in [-0.3, -0.25) is 4.90 Å². The number of carbonyl (C=O) groups is 1. The first-order chi connectivity index (χ1) is 13.4. The Kier molecular flexibility index (Phi) is 5.20. The van der Waals surface area contributed by atoms with Gasteiger partial charge < -0.3 is 4.74 Å². The summed E-state index contributed by atoms with van der Waals surface area (Å²) in [5.41, 5.74) is 2.81. The Morgan fingerprint density at radius 1 is 1.07 bits per heavy atom. The molecule has 0 unspecified atom stereocenters. The van der Waals surface area contributed by atoms with Crippen molar-refractivity contribution < 1.29 is 17.9 Å². The molecule has 0 radical (unpaired) electrons. The molecule has 0 saturated carbocycles. The number of rotatable bonds is 3. The number of aryl methyl sites for hydroxylation is 1. The summed E-state index contributed by atoms with van der Waals surface area (Å²) in [5, 5.41) is 0. The van der Waals surface area contributed by atoms with Crippen molar-refractivity contribution in [3.63, 3.8) is 0 Å². The first-order valence-corrected chi connectivity index (χ1v) is 11.4. The minimum Gasteiger partial charge on any atom is -0.444 e. The number of cyclic esters (lactones) is 1. The zero-order valence-electron chi connectivity index (χ0n) is 15.5. The predicted octanol–water partition coefficient (Wildman–Crippen LogP) is 4.07. The molecule has 0 bridgehead atoms. The molecule has 6 nitrogen and oxygen atoms in total. The smallest absolute Gasteiger partial charge is 0.414 e. The average Bonchev–Trinajstić information content (AvgIpc) is 2.68. The number of amides is 1. The van der Waals surface area contributed by atoms with Gasteiger partial charge in [0.05, 0.1) is 10.6 Å². The van der Waals surface area contributed by atoms with E-state index in [0.29, 0.717) is 30.8 Å². The Morgan fingerprint density at radius 2 is 1.75 bits per heavy atom.